The quantitative estimate of drug-likeness (QED) is 0.443. The van der Waals surface area contributed by atoms with E-state index < -0.39 is 8.07 Å². The molecule has 26 heavy (non-hydrogen) atoms. The number of nitrogens with one attached hydrogen (secondary N) is 2. The summed E-state index contributed by atoms with van der Waals surface area (Å²) < 4.78 is 0. The van der Waals surface area contributed by atoms with Gasteiger partial charge in [0.25, 0.3) is 0 Å². The molecule has 3 aromatic rings. The lowest BCUT2D eigenvalue weighted by Crippen LogP contribution is -2.38. The number of allylic oxidation sites excluding steroid dienone is 1. The largest absolute Gasteiger partial charge is 0.407 e. The summed E-state index contributed by atoms with van der Waals surface area (Å²) in [4.78, 5) is 0. The van der Waals surface area contributed by atoms with Crippen molar-refractivity contribution in [1.82, 2.24) is 0 Å². The van der Waals surface area contributed by atoms with Crippen LogP contribution in [-0.4, -0.2) is 15.1 Å². The average Bonchev–Trinajstić information content (AvgIpc) is 3.12. The van der Waals surface area contributed by atoms with Crippen LogP contribution in [0.15, 0.2) is 59.3 Å². The summed E-state index contributed by atoms with van der Waals surface area (Å²) in [5, 5.41) is 14.1. The first kappa shape index (κ1) is 17.0. The molecule has 2 nitrogen and oxygen atoms in total. The molecule has 128 valence electrons. The van der Waals surface area contributed by atoms with Crippen molar-refractivity contribution in [3.8, 4) is 11.5 Å². The third-order valence-electron chi connectivity index (χ3n) is 4.34. The number of anilines is 2. The van der Waals surface area contributed by atoms with Gasteiger partial charge in [-0.1, -0.05) is 49.8 Å². The highest BCUT2D eigenvalue weighted by Gasteiger charge is 2.28. The molecule has 1 aromatic heterocycles. The van der Waals surface area contributed by atoms with Gasteiger partial charge >= 0.3 is 6.98 Å². The second kappa shape index (κ2) is 6.71. The molecule has 0 radical (unpaired) electrons. The smallest absolute Gasteiger partial charge is 0.405 e. The molecule has 2 aromatic carbocycles. The normalized spacial score (nSPS) is 13.7. The van der Waals surface area contributed by atoms with Gasteiger partial charge in [-0.05, 0) is 51.5 Å². The molecule has 0 bridgehead atoms. The molecule has 2 N–H and O–H groups in total. The lowest BCUT2D eigenvalue weighted by atomic mass is 9.63. The topological polar surface area (TPSA) is 24.1 Å². The van der Waals surface area contributed by atoms with Gasteiger partial charge in [-0.2, -0.15) is 11.3 Å². The zero-order valence-corrected chi connectivity index (χ0v) is 17.1. The molecule has 0 aliphatic carbocycles. The lowest BCUT2D eigenvalue weighted by molar-refractivity contribution is 1.61. The lowest BCUT2D eigenvalue weighted by Gasteiger charge is -2.27. The minimum absolute atomic E-state index is 0.000958. The first-order valence-corrected chi connectivity index (χ1v) is 13.3. The van der Waals surface area contributed by atoms with Gasteiger partial charge in [0.2, 0.25) is 0 Å². The van der Waals surface area contributed by atoms with E-state index >= 15 is 0 Å². The zero-order valence-electron chi connectivity index (χ0n) is 15.3. The van der Waals surface area contributed by atoms with Crippen LogP contribution in [0.5, 0.6) is 0 Å². The van der Waals surface area contributed by atoms with Crippen LogP contribution in [0, 0.1) is 11.5 Å². The molecule has 0 saturated heterocycles. The maximum absolute atomic E-state index is 3.67. The van der Waals surface area contributed by atoms with Crippen LogP contribution in [-0.2, 0) is 0 Å². The second-order valence-electron chi connectivity index (χ2n) is 7.56. The van der Waals surface area contributed by atoms with E-state index in [9.17, 15) is 0 Å². The minimum Gasteiger partial charge on any atom is -0.405 e. The Bertz CT molecular complexity index is 999. The molecular formula is C21H21BN2SSi. The van der Waals surface area contributed by atoms with Crippen molar-refractivity contribution in [3.63, 3.8) is 0 Å². The minimum atomic E-state index is -1.40. The number of thiophene rings is 1. The molecule has 1 aliphatic heterocycles. The summed E-state index contributed by atoms with van der Waals surface area (Å²) in [6, 6.07) is 15.0. The van der Waals surface area contributed by atoms with Gasteiger partial charge in [0.05, 0.1) is 0 Å². The highest BCUT2D eigenvalue weighted by atomic mass is 32.1. The molecule has 0 saturated carbocycles. The monoisotopic (exact) mass is 372 g/mol. The van der Waals surface area contributed by atoms with Gasteiger partial charge in [0, 0.05) is 16.8 Å². The molecule has 2 heterocycles. The fraction of sp³-hybridized carbons (Fsp3) is 0.143. The summed E-state index contributed by atoms with van der Waals surface area (Å²) in [5.74, 6) is 3.33. The highest BCUT2D eigenvalue weighted by molar-refractivity contribution is 7.08. The molecule has 4 rings (SSSR count). The predicted octanol–water partition coefficient (Wildman–Crippen LogP) is 5.73. The van der Waals surface area contributed by atoms with Gasteiger partial charge < -0.3 is 10.5 Å². The van der Waals surface area contributed by atoms with Crippen LogP contribution in [0.3, 0.4) is 0 Å². The van der Waals surface area contributed by atoms with Crippen molar-refractivity contribution in [2.45, 2.75) is 19.6 Å². The standard InChI is InChI=1S/C21H21BN2SSi/c1-26(2,3)14-6-9-18(17-12-13-25-15-17)22-23-19-10-4-7-16-8-5-11-20(24-22)21(16)19/h4-5,7-13,15,23-24H,1-3H3/b18-9+. The highest BCUT2D eigenvalue weighted by Crippen LogP contribution is 2.36. The summed E-state index contributed by atoms with van der Waals surface area (Å²) in [5.41, 5.74) is 8.19. The summed E-state index contributed by atoms with van der Waals surface area (Å²) in [6.07, 6.45) is 2.08. The van der Waals surface area contributed by atoms with Gasteiger partial charge in [-0.25, -0.2) is 0 Å². The summed E-state index contributed by atoms with van der Waals surface area (Å²) in [7, 11) is -1.40. The molecule has 1 aliphatic rings. The van der Waals surface area contributed by atoms with E-state index in [1.54, 1.807) is 11.3 Å². The molecule has 0 unspecified atom stereocenters. The molecule has 0 amide bonds. The SMILES string of the molecule is C[Si](C)(C)C#C/C=C(/B1Nc2cccc3cccc(c23)N1)c1ccsc1. The second-order valence-corrected chi connectivity index (χ2v) is 13.1. The van der Waals surface area contributed by atoms with Crippen molar-refractivity contribution < 1.29 is 0 Å². The molecule has 0 atom stereocenters. The third-order valence-corrected chi connectivity index (χ3v) is 5.92. The predicted molar refractivity (Wildman–Crippen MR) is 120 cm³/mol. The van der Waals surface area contributed by atoms with E-state index in [1.807, 2.05) is 0 Å². The van der Waals surface area contributed by atoms with E-state index in [0.29, 0.717) is 0 Å². The fourth-order valence-electron chi connectivity index (χ4n) is 3.18. The third kappa shape index (κ3) is 3.44. The van der Waals surface area contributed by atoms with Crippen LogP contribution < -0.4 is 10.5 Å². The number of hydrogen-bond donors (Lipinski definition) is 2. The Morgan fingerprint density at radius 3 is 2.31 bits per heavy atom. The Morgan fingerprint density at radius 2 is 1.73 bits per heavy atom. The van der Waals surface area contributed by atoms with E-state index in [4.69, 9.17) is 0 Å². The zero-order chi connectivity index (χ0) is 18.1. The van der Waals surface area contributed by atoms with Gasteiger partial charge in [-0.3, -0.25) is 0 Å². The Labute approximate surface area is 160 Å². The van der Waals surface area contributed by atoms with Gasteiger partial charge in [0.15, 0.2) is 0 Å². The first-order valence-electron chi connectivity index (χ1n) is 8.81. The van der Waals surface area contributed by atoms with Crippen molar-refractivity contribution in [3.05, 3.63) is 64.9 Å². The molecule has 0 spiro atoms. The number of hydrogen-bond acceptors (Lipinski definition) is 3. The maximum Gasteiger partial charge on any atom is 0.407 e. The summed E-state index contributed by atoms with van der Waals surface area (Å²) in [6.45, 7) is 6.81. The Balaban J connectivity index is 1.76. The number of rotatable bonds is 2. The van der Waals surface area contributed by atoms with Crippen molar-refractivity contribution in [2.24, 2.45) is 0 Å². The van der Waals surface area contributed by atoms with Crippen LogP contribution in [0.2, 0.25) is 19.6 Å². The maximum atomic E-state index is 3.67. The van der Waals surface area contributed by atoms with Crippen molar-refractivity contribution in [1.29, 1.82) is 0 Å². The first-order chi connectivity index (χ1) is 12.5. The fourth-order valence-corrected chi connectivity index (χ4v) is 4.35. The molecule has 5 heteroatoms. The van der Waals surface area contributed by atoms with E-state index in [0.717, 1.165) is 0 Å². The van der Waals surface area contributed by atoms with E-state index in [1.165, 1.54) is 33.2 Å². The van der Waals surface area contributed by atoms with Crippen molar-refractivity contribution in [2.75, 3.05) is 10.5 Å². The molecule has 0 fully saturated rings. The Kier molecular flexibility index (Phi) is 4.39. The Morgan fingerprint density at radius 1 is 1.04 bits per heavy atom. The van der Waals surface area contributed by atoms with E-state index in [-0.39, 0.29) is 6.98 Å². The van der Waals surface area contributed by atoms with Crippen LogP contribution in [0.4, 0.5) is 11.4 Å². The van der Waals surface area contributed by atoms with Gasteiger partial charge in [0.1, 0.15) is 8.07 Å². The van der Waals surface area contributed by atoms with Crippen LogP contribution in [0.1, 0.15) is 5.56 Å². The van der Waals surface area contributed by atoms with Gasteiger partial charge in [-0.15, -0.1) is 5.54 Å². The number of benzene rings is 2. The summed E-state index contributed by atoms with van der Waals surface area (Å²) >= 11 is 1.72. The van der Waals surface area contributed by atoms with Crippen LogP contribution >= 0.6 is 11.3 Å². The Hall–Kier alpha value is -2.42. The van der Waals surface area contributed by atoms with Crippen molar-refractivity contribution >= 4 is 54.0 Å². The van der Waals surface area contributed by atoms with Crippen LogP contribution in [0.25, 0.3) is 16.2 Å². The average molecular weight is 372 g/mol. The van der Waals surface area contributed by atoms with E-state index in [2.05, 4.69) is 101 Å². The molecular weight excluding hydrogens is 351 g/mol.